The van der Waals surface area contributed by atoms with Crippen LogP contribution < -0.4 is 5.73 Å². The molecule has 1 aliphatic carbocycles. The molecule has 0 amide bonds. The molecule has 3 heteroatoms. The Morgan fingerprint density at radius 1 is 1.29 bits per heavy atom. The second kappa shape index (κ2) is 5.68. The Labute approximate surface area is 105 Å². The zero-order chi connectivity index (χ0) is 12.3. The lowest BCUT2D eigenvalue weighted by Crippen LogP contribution is -2.49. The van der Waals surface area contributed by atoms with Crippen LogP contribution in [-0.4, -0.2) is 31.5 Å². The third kappa shape index (κ3) is 3.01. The maximum absolute atomic E-state index is 6.31. The van der Waals surface area contributed by atoms with Gasteiger partial charge >= 0.3 is 0 Å². The van der Waals surface area contributed by atoms with Crippen LogP contribution in [0.2, 0.25) is 0 Å². The molecule has 0 bridgehead atoms. The maximum atomic E-state index is 6.31. The quantitative estimate of drug-likeness (QED) is 0.825. The van der Waals surface area contributed by atoms with E-state index in [0.717, 1.165) is 19.4 Å². The molecule has 1 heterocycles. The van der Waals surface area contributed by atoms with Gasteiger partial charge in [0, 0.05) is 19.8 Å². The van der Waals surface area contributed by atoms with Gasteiger partial charge in [0.15, 0.2) is 0 Å². The topological polar surface area (TPSA) is 44.5 Å². The molecule has 0 radical (unpaired) electrons. The minimum Gasteiger partial charge on any atom is -0.380 e. The van der Waals surface area contributed by atoms with Crippen LogP contribution >= 0.6 is 0 Å². The van der Waals surface area contributed by atoms with Crippen molar-refractivity contribution in [1.82, 2.24) is 0 Å². The average Bonchev–Trinajstić information content (AvgIpc) is 2.38. The van der Waals surface area contributed by atoms with Gasteiger partial charge in [0.1, 0.15) is 0 Å². The largest absolute Gasteiger partial charge is 0.380 e. The normalized spacial score (nSPS) is 32.3. The highest BCUT2D eigenvalue weighted by atomic mass is 16.5. The van der Waals surface area contributed by atoms with Crippen molar-refractivity contribution in [1.29, 1.82) is 0 Å². The van der Waals surface area contributed by atoms with Gasteiger partial charge in [-0.2, -0.15) is 0 Å². The molecule has 1 saturated carbocycles. The lowest BCUT2D eigenvalue weighted by Gasteiger charge is -2.45. The van der Waals surface area contributed by atoms with Crippen molar-refractivity contribution < 1.29 is 9.47 Å². The molecule has 3 unspecified atom stereocenters. The first-order valence-corrected chi connectivity index (χ1v) is 7.09. The summed E-state index contributed by atoms with van der Waals surface area (Å²) in [6.07, 6.45) is 8.87. The molecule has 3 atom stereocenters. The monoisotopic (exact) mass is 241 g/mol. The number of rotatable bonds is 3. The molecule has 2 fully saturated rings. The van der Waals surface area contributed by atoms with E-state index >= 15 is 0 Å². The Morgan fingerprint density at radius 2 is 2.00 bits per heavy atom. The summed E-state index contributed by atoms with van der Waals surface area (Å²) in [5.74, 6) is 0.566. The lowest BCUT2D eigenvalue weighted by atomic mass is 9.73. The van der Waals surface area contributed by atoms with Crippen molar-refractivity contribution in [3.63, 3.8) is 0 Å². The van der Waals surface area contributed by atoms with Crippen molar-refractivity contribution in [2.45, 2.75) is 69.6 Å². The van der Waals surface area contributed by atoms with Crippen LogP contribution in [0, 0.1) is 5.92 Å². The standard InChI is InChI=1S/C14H27NO2/c1-11(16-2)13(15)12-6-9-17-14(10-12)7-4-3-5-8-14/h11-13H,3-10,15H2,1-2H3. The highest BCUT2D eigenvalue weighted by molar-refractivity contribution is 4.93. The Hall–Kier alpha value is -0.120. The van der Waals surface area contributed by atoms with E-state index in [0.29, 0.717) is 5.92 Å². The van der Waals surface area contributed by atoms with E-state index in [1.807, 2.05) is 0 Å². The van der Waals surface area contributed by atoms with Crippen molar-refractivity contribution in [2.75, 3.05) is 13.7 Å². The minimum atomic E-state index is 0.152. The van der Waals surface area contributed by atoms with Crippen LogP contribution in [0.3, 0.4) is 0 Å². The molecule has 0 aromatic carbocycles. The molecule has 1 saturated heterocycles. The van der Waals surface area contributed by atoms with Crippen molar-refractivity contribution in [3.05, 3.63) is 0 Å². The van der Waals surface area contributed by atoms with Crippen LogP contribution in [0.1, 0.15) is 51.9 Å². The first-order valence-electron chi connectivity index (χ1n) is 7.09. The van der Waals surface area contributed by atoms with E-state index in [2.05, 4.69) is 6.92 Å². The maximum Gasteiger partial charge on any atom is 0.0696 e. The van der Waals surface area contributed by atoms with Gasteiger partial charge in [0.25, 0.3) is 0 Å². The summed E-state index contributed by atoms with van der Waals surface area (Å²) in [5, 5.41) is 0. The van der Waals surface area contributed by atoms with Gasteiger partial charge in [-0.3, -0.25) is 0 Å². The SMILES string of the molecule is COC(C)C(N)C1CCOC2(CCCCC2)C1. The molecule has 17 heavy (non-hydrogen) atoms. The van der Waals surface area contributed by atoms with Gasteiger partial charge in [-0.05, 0) is 38.5 Å². The second-order valence-corrected chi connectivity index (χ2v) is 5.86. The van der Waals surface area contributed by atoms with E-state index in [9.17, 15) is 0 Å². The van der Waals surface area contributed by atoms with Crippen molar-refractivity contribution in [3.8, 4) is 0 Å². The van der Waals surface area contributed by atoms with E-state index in [1.165, 1.54) is 32.1 Å². The zero-order valence-electron chi connectivity index (χ0n) is 11.3. The number of hydrogen-bond acceptors (Lipinski definition) is 3. The molecule has 100 valence electrons. The third-order valence-corrected chi connectivity index (χ3v) is 4.75. The Morgan fingerprint density at radius 3 is 2.65 bits per heavy atom. The smallest absolute Gasteiger partial charge is 0.0696 e. The Kier molecular flexibility index (Phi) is 4.45. The fourth-order valence-corrected chi connectivity index (χ4v) is 3.48. The number of hydrogen-bond donors (Lipinski definition) is 1. The summed E-state index contributed by atoms with van der Waals surface area (Å²) >= 11 is 0. The number of methoxy groups -OCH3 is 1. The molecule has 0 aromatic rings. The number of nitrogens with two attached hydrogens (primary N) is 1. The molecule has 2 aliphatic rings. The molecule has 1 aliphatic heterocycles. The number of ether oxygens (including phenoxy) is 2. The minimum absolute atomic E-state index is 0.152. The third-order valence-electron chi connectivity index (χ3n) is 4.75. The fourth-order valence-electron chi connectivity index (χ4n) is 3.48. The van der Waals surface area contributed by atoms with Gasteiger partial charge < -0.3 is 15.2 Å². The Balaban J connectivity index is 1.96. The summed E-state index contributed by atoms with van der Waals surface area (Å²) in [7, 11) is 1.75. The van der Waals surface area contributed by atoms with Crippen LogP contribution in [0.4, 0.5) is 0 Å². The van der Waals surface area contributed by atoms with Gasteiger partial charge in [0.2, 0.25) is 0 Å². The second-order valence-electron chi connectivity index (χ2n) is 5.86. The van der Waals surface area contributed by atoms with Gasteiger partial charge in [-0.1, -0.05) is 19.3 Å². The van der Waals surface area contributed by atoms with E-state index in [4.69, 9.17) is 15.2 Å². The highest BCUT2D eigenvalue weighted by Gasteiger charge is 2.40. The molecule has 0 aromatic heterocycles. The van der Waals surface area contributed by atoms with Gasteiger partial charge in [-0.15, -0.1) is 0 Å². The van der Waals surface area contributed by atoms with Crippen LogP contribution in [0.5, 0.6) is 0 Å². The summed E-state index contributed by atoms with van der Waals surface area (Å²) in [6.45, 7) is 2.96. The summed E-state index contributed by atoms with van der Waals surface area (Å²) in [4.78, 5) is 0. The molecule has 2 rings (SSSR count). The van der Waals surface area contributed by atoms with Gasteiger partial charge in [0.05, 0.1) is 11.7 Å². The Bertz CT molecular complexity index is 233. The summed E-state index contributed by atoms with van der Waals surface area (Å²) in [5.41, 5.74) is 6.47. The molecular weight excluding hydrogens is 214 g/mol. The van der Waals surface area contributed by atoms with E-state index in [1.54, 1.807) is 7.11 Å². The van der Waals surface area contributed by atoms with Gasteiger partial charge in [-0.25, -0.2) is 0 Å². The molecule has 3 nitrogen and oxygen atoms in total. The predicted octanol–water partition coefficient (Wildman–Crippen LogP) is 2.48. The molecule has 2 N–H and O–H groups in total. The highest BCUT2D eigenvalue weighted by Crippen LogP contribution is 2.41. The fraction of sp³-hybridized carbons (Fsp3) is 1.00. The predicted molar refractivity (Wildman–Crippen MR) is 68.9 cm³/mol. The van der Waals surface area contributed by atoms with Crippen LogP contribution in [-0.2, 0) is 9.47 Å². The lowest BCUT2D eigenvalue weighted by molar-refractivity contribution is -0.125. The first-order chi connectivity index (χ1) is 8.17. The zero-order valence-corrected chi connectivity index (χ0v) is 11.3. The van der Waals surface area contributed by atoms with E-state index in [-0.39, 0.29) is 17.7 Å². The summed E-state index contributed by atoms with van der Waals surface area (Å²) < 4.78 is 11.5. The molecule has 1 spiro atoms. The summed E-state index contributed by atoms with van der Waals surface area (Å²) in [6, 6.07) is 0.155. The van der Waals surface area contributed by atoms with Crippen molar-refractivity contribution >= 4 is 0 Å². The van der Waals surface area contributed by atoms with Crippen LogP contribution in [0.15, 0.2) is 0 Å². The van der Waals surface area contributed by atoms with E-state index < -0.39 is 0 Å². The van der Waals surface area contributed by atoms with Crippen LogP contribution in [0.25, 0.3) is 0 Å². The molecular formula is C14H27NO2. The average molecular weight is 241 g/mol. The van der Waals surface area contributed by atoms with Crippen molar-refractivity contribution in [2.24, 2.45) is 11.7 Å². The first kappa shape index (κ1) is 13.3.